The number of hydrogen-bond donors (Lipinski definition) is 1. The summed E-state index contributed by atoms with van der Waals surface area (Å²) in [5.74, 6) is 1.61. The number of fused-ring (bicyclic) bond motifs is 8. The zero-order valence-electron chi connectivity index (χ0n) is 26.7. The van der Waals surface area contributed by atoms with Gasteiger partial charge in [0.2, 0.25) is 12.5 Å². The van der Waals surface area contributed by atoms with Crippen LogP contribution in [-0.4, -0.2) is 40.7 Å². The Morgan fingerprint density at radius 3 is 2.06 bits per heavy atom. The number of hydrogen-bond acceptors (Lipinski definition) is 8. The molecular formula is C40H33NO7. The fourth-order valence-electron chi connectivity index (χ4n) is 8.18. The molecule has 1 aliphatic carbocycles. The first kappa shape index (κ1) is 28.6. The van der Waals surface area contributed by atoms with Gasteiger partial charge in [0.1, 0.15) is 0 Å². The van der Waals surface area contributed by atoms with Gasteiger partial charge in [0.15, 0.2) is 23.0 Å². The minimum Gasteiger partial charge on any atom is -0.493 e. The highest BCUT2D eigenvalue weighted by Gasteiger charge is 2.53. The number of carbonyl (C=O) groups excluding carboxylic acids is 1. The number of ether oxygens (including phenoxy) is 6. The van der Waals surface area contributed by atoms with Crippen molar-refractivity contribution in [3.05, 3.63) is 108 Å². The first-order valence-electron chi connectivity index (χ1n) is 16.1. The largest absolute Gasteiger partial charge is 0.493 e. The van der Waals surface area contributed by atoms with E-state index >= 15 is 0 Å². The summed E-state index contributed by atoms with van der Waals surface area (Å²) in [7, 11) is 4.77. The molecule has 1 fully saturated rings. The van der Waals surface area contributed by atoms with Crippen LogP contribution in [0.2, 0.25) is 0 Å². The minimum absolute atomic E-state index is 0.141. The van der Waals surface area contributed by atoms with E-state index in [9.17, 15) is 4.79 Å². The van der Waals surface area contributed by atoms with E-state index in [0.29, 0.717) is 28.7 Å². The maximum absolute atomic E-state index is 13.8. The molecule has 0 saturated carbocycles. The zero-order valence-corrected chi connectivity index (χ0v) is 26.7. The average molecular weight is 640 g/mol. The number of esters is 1. The summed E-state index contributed by atoms with van der Waals surface area (Å²) in [6, 6.07) is 31.3. The molecule has 48 heavy (non-hydrogen) atoms. The zero-order chi connectivity index (χ0) is 32.5. The lowest BCUT2D eigenvalue weighted by Gasteiger charge is -2.40. The Morgan fingerprint density at radius 1 is 0.667 bits per heavy atom. The molecule has 0 unspecified atom stereocenters. The van der Waals surface area contributed by atoms with Crippen molar-refractivity contribution in [2.45, 2.75) is 12.0 Å². The molecule has 0 bridgehead atoms. The predicted molar refractivity (Wildman–Crippen MR) is 184 cm³/mol. The van der Waals surface area contributed by atoms with Gasteiger partial charge in [-0.3, -0.25) is 4.79 Å². The Bertz CT molecular complexity index is 2260. The smallest absolute Gasteiger partial charge is 0.310 e. The second kappa shape index (κ2) is 11.0. The molecule has 4 atom stereocenters. The second-order valence-corrected chi connectivity index (χ2v) is 12.6. The van der Waals surface area contributed by atoms with Crippen molar-refractivity contribution < 1.29 is 33.2 Å². The Labute approximate surface area is 277 Å². The molecule has 6 aromatic carbocycles. The Hall–Kier alpha value is -5.63. The van der Waals surface area contributed by atoms with Gasteiger partial charge >= 0.3 is 5.97 Å². The fourth-order valence-corrected chi connectivity index (χ4v) is 8.18. The third-order valence-corrected chi connectivity index (χ3v) is 10.3. The number of carbonyl (C=O) groups is 1. The lowest BCUT2D eigenvalue weighted by Crippen LogP contribution is -2.37. The Kier molecular flexibility index (Phi) is 6.54. The lowest BCUT2D eigenvalue weighted by atomic mass is 9.65. The summed E-state index contributed by atoms with van der Waals surface area (Å²) < 4.78 is 34.8. The summed E-state index contributed by atoms with van der Waals surface area (Å²) in [6.45, 7) is 0.423. The number of anilines is 1. The third kappa shape index (κ3) is 4.18. The van der Waals surface area contributed by atoms with Crippen molar-refractivity contribution in [2.75, 3.05) is 40.0 Å². The topological polar surface area (TPSA) is 84.5 Å². The van der Waals surface area contributed by atoms with E-state index in [0.717, 1.165) is 33.2 Å². The first-order valence-corrected chi connectivity index (χ1v) is 16.1. The molecule has 240 valence electrons. The van der Waals surface area contributed by atoms with Crippen LogP contribution in [0, 0.1) is 11.8 Å². The van der Waals surface area contributed by atoms with Crippen LogP contribution in [0.5, 0.6) is 28.7 Å². The van der Waals surface area contributed by atoms with Crippen molar-refractivity contribution >= 4 is 44.0 Å². The van der Waals surface area contributed by atoms with Gasteiger partial charge < -0.3 is 33.7 Å². The predicted octanol–water partition coefficient (Wildman–Crippen LogP) is 7.99. The van der Waals surface area contributed by atoms with Crippen LogP contribution in [-0.2, 0) is 9.53 Å². The van der Waals surface area contributed by atoms with Gasteiger partial charge in [-0.25, -0.2) is 0 Å². The molecule has 2 aliphatic heterocycles. The van der Waals surface area contributed by atoms with E-state index in [1.165, 1.54) is 21.5 Å². The van der Waals surface area contributed by atoms with Crippen LogP contribution in [0.4, 0.5) is 5.69 Å². The molecule has 9 rings (SSSR count). The Balaban J connectivity index is 1.26. The lowest BCUT2D eigenvalue weighted by molar-refractivity contribution is -0.141. The molecule has 0 amide bonds. The van der Waals surface area contributed by atoms with E-state index in [2.05, 4.69) is 78.1 Å². The standard InChI is InChI=1S/C40H33NO7/c1-43-34-14-22(15-35(44-2)39(34)45-3)36-28-17-32-33(48-20-47-32)18-29(28)38(30-19-46-40(42)37(30)36)41-31-16-27-23-9-5-4-8-21(23)12-13-25(27)24-10-6-7-11-26(24)31/h4-18,30,36-38,41H,19-20H2,1-3H3/t30-,36+,37-,38+/m0/s1. The molecule has 3 aliphatic rings. The van der Waals surface area contributed by atoms with E-state index in [-0.39, 0.29) is 37.2 Å². The van der Waals surface area contributed by atoms with Gasteiger partial charge in [-0.2, -0.15) is 0 Å². The molecule has 1 saturated heterocycles. The number of methoxy groups -OCH3 is 3. The fraction of sp³-hybridized carbons (Fsp3) is 0.225. The van der Waals surface area contributed by atoms with Gasteiger partial charge in [0.25, 0.3) is 0 Å². The van der Waals surface area contributed by atoms with E-state index in [4.69, 9.17) is 28.4 Å². The van der Waals surface area contributed by atoms with Gasteiger partial charge in [-0.15, -0.1) is 0 Å². The highest BCUT2D eigenvalue weighted by atomic mass is 16.7. The van der Waals surface area contributed by atoms with Crippen molar-refractivity contribution in [3.8, 4) is 28.7 Å². The molecule has 8 nitrogen and oxygen atoms in total. The van der Waals surface area contributed by atoms with Gasteiger partial charge in [-0.1, -0.05) is 60.7 Å². The van der Waals surface area contributed by atoms with Gasteiger partial charge in [-0.05, 0) is 74.0 Å². The number of nitrogens with one attached hydrogen (secondary N) is 1. The molecule has 8 heteroatoms. The number of benzene rings is 6. The van der Waals surface area contributed by atoms with Crippen LogP contribution < -0.4 is 29.0 Å². The number of rotatable bonds is 6. The van der Waals surface area contributed by atoms with Crippen LogP contribution >= 0.6 is 0 Å². The second-order valence-electron chi connectivity index (χ2n) is 12.6. The van der Waals surface area contributed by atoms with Crippen LogP contribution in [0.15, 0.2) is 91.0 Å². The third-order valence-electron chi connectivity index (χ3n) is 10.3. The van der Waals surface area contributed by atoms with Crippen LogP contribution in [0.25, 0.3) is 32.3 Å². The SMILES string of the molecule is COc1cc([C@@H]2c3cc4c(cc3[C@@H](Nc3cc5c6ccccc6ccc5c5ccccc35)[C@H]3COC(=O)[C@H]23)OCO4)cc(OC)c1OC. The minimum atomic E-state index is -0.481. The van der Waals surface area contributed by atoms with Crippen LogP contribution in [0.3, 0.4) is 0 Å². The summed E-state index contributed by atoms with van der Waals surface area (Å²) in [4.78, 5) is 13.8. The monoisotopic (exact) mass is 639 g/mol. The Morgan fingerprint density at radius 2 is 1.33 bits per heavy atom. The van der Waals surface area contributed by atoms with Gasteiger partial charge in [0.05, 0.1) is 39.9 Å². The maximum atomic E-state index is 13.8. The van der Waals surface area contributed by atoms with E-state index < -0.39 is 5.92 Å². The highest BCUT2D eigenvalue weighted by molar-refractivity contribution is 6.20. The molecule has 0 radical (unpaired) electrons. The van der Waals surface area contributed by atoms with Gasteiger partial charge in [0, 0.05) is 22.9 Å². The average Bonchev–Trinajstić information content (AvgIpc) is 3.76. The quantitative estimate of drug-likeness (QED) is 0.145. The molecular weight excluding hydrogens is 606 g/mol. The number of cyclic esters (lactones) is 1. The summed E-state index contributed by atoms with van der Waals surface area (Å²) >= 11 is 0. The normalized spacial score (nSPS) is 20.8. The molecule has 0 spiro atoms. The van der Waals surface area contributed by atoms with Crippen molar-refractivity contribution in [1.29, 1.82) is 0 Å². The molecule has 1 N–H and O–H groups in total. The first-order chi connectivity index (χ1) is 23.6. The van der Waals surface area contributed by atoms with E-state index in [1.807, 2.05) is 18.2 Å². The van der Waals surface area contributed by atoms with Crippen molar-refractivity contribution in [2.24, 2.45) is 11.8 Å². The summed E-state index contributed by atoms with van der Waals surface area (Å²) in [6.07, 6.45) is 0. The highest BCUT2D eigenvalue weighted by Crippen LogP contribution is 2.56. The molecule has 0 aromatic heterocycles. The molecule has 2 heterocycles. The maximum Gasteiger partial charge on any atom is 0.310 e. The summed E-state index contributed by atoms with van der Waals surface area (Å²) in [5, 5.41) is 11.0. The van der Waals surface area contributed by atoms with Crippen LogP contribution in [0.1, 0.15) is 28.7 Å². The van der Waals surface area contributed by atoms with E-state index in [1.54, 1.807) is 21.3 Å². The van der Waals surface area contributed by atoms with Crippen molar-refractivity contribution in [3.63, 3.8) is 0 Å². The molecule has 6 aromatic rings. The van der Waals surface area contributed by atoms with Crippen molar-refractivity contribution in [1.82, 2.24) is 0 Å². The summed E-state index contributed by atoms with van der Waals surface area (Å²) in [5.41, 5.74) is 3.84.